The zero-order valence-electron chi connectivity index (χ0n) is 12.7. The van der Waals surface area contributed by atoms with Crippen LogP contribution < -0.4 is 10.1 Å². The molecule has 1 atom stereocenters. The minimum atomic E-state index is 0.548. The fraction of sp³-hybridized carbons (Fsp3) is 0.600. The van der Waals surface area contributed by atoms with Crippen molar-refractivity contribution in [1.82, 2.24) is 9.97 Å². The summed E-state index contributed by atoms with van der Waals surface area (Å²) in [5.41, 5.74) is 0. The predicted molar refractivity (Wildman–Crippen MR) is 85.9 cm³/mol. The fourth-order valence-corrected chi connectivity index (χ4v) is 3.10. The van der Waals surface area contributed by atoms with Crippen LogP contribution in [0.5, 0.6) is 5.88 Å². The molecule has 4 nitrogen and oxygen atoms in total. The molecule has 0 amide bonds. The Morgan fingerprint density at radius 2 is 2.15 bits per heavy atom. The van der Waals surface area contributed by atoms with Gasteiger partial charge in [-0.2, -0.15) is 4.98 Å². The summed E-state index contributed by atoms with van der Waals surface area (Å²) in [4.78, 5) is 11.3. The van der Waals surface area contributed by atoms with E-state index in [-0.39, 0.29) is 0 Å². The predicted octanol–water partition coefficient (Wildman–Crippen LogP) is 4.11. The van der Waals surface area contributed by atoms with Gasteiger partial charge in [-0.1, -0.05) is 27.2 Å². The number of hydrogen-bond donors (Lipinski definition) is 1. The average Bonchev–Trinajstić information content (AvgIpc) is 2.87. The molecule has 0 fully saturated rings. The second-order valence-electron chi connectivity index (χ2n) is 5.09. The lowest BCUT2D eigenvalue weighted by molar-refractivity contribution is 0.246. The number of aryl methyl sites for hydroxylation is 1. The molecule has 0 saturated heterocycles. The molecule has 0 aliphatic rings. The topological polar surface area (TPSA) is 47.0 Å². The Morgan fingerprint density at radius 3 is 2.80 bits per heavy atom. The van der Waals surface area contributed by atoms with Crippen LogP contribution in [0.1, 0.15) is 38.5 Å². The smallest absolute Gasteiger partial charge is 0.227 e. The highest BCUT2D eigenvalue weighted by atomic mass is 32.1. The van der Waals surface area contributed by atoms with Gasteiger partial charge in [0.15, 0.2) is 0 Å². The van der Waals surface area contributed by atoms with Crippen LogP contribution in [0, 0.1) is 5.92 Å². The van der Waals surface area contributed by atoms with Gasteiger partial charge in [-0.3, -0.25) is 0 Å². The van der Waals surface area contributed by atoms with Crippen molar-refractivity contribution in [3.63, 3.8) is 0 Å². The Labute approximate surface area is 124 Å². The number of anilines is 1. The molecule has 110 valence electrons. The van der Waals surface area contributed by atoms with E-state index < -0.39 is 0 Å². The molecule has 0 saturated carbocycles. The van der Waals surface area contributed by atoms with Crippen LogP contribution in [0.25, 0.3) is 10.2 Å². The molecule has 0 aromatic carbocycles. The van der Waals surface area contributed by atoms with Gasteiger partial charge in [0.1, 0.15) is 4.83 Å². The summed E-state index contributed by atoms with van der Waals surface area (Å²) in [5, 5.41) is 4.04. The molecule has 2 heterocycles. The number of thiophene rings is 1. The Kier molecular flexibility index (Phi) is 5.17. The third-order valence-corrected chi connectivity index (χ3v) is 4.44. The van der Waals surface area contributed by atoms with Crippen LogP contribution in [0.2, 0.25) is 0 Å². The number of nitrogens with zero attached hydrogens (tertiary/aromatic N) is 2. The van der Waals surface area contributed by atoms with Crippen LogP contribution in [-0.2, 0) is 6.42 Å². The van der Waals surface area contributed by atoms with Crippen molar-refractivity contribution in [2.75, 3.05) is 19.0 Å². The number of aromatic nitrogens is 2. The molecule has 0 radical (unpaired) electrons. The van der Waals surface area contributed by atoms with Gasteiger partial charge in [0.2, 0.25) is 11.8 Å². The van der Waals surface area contributed by atoms with E-state index in [1.54, 1.807) is 11.3 Å². The molecule has 0 spiro atoms. The maximum atomic E-state index is 5.95. The molecule has 0 aliphatic carbocycles. The third-order valence-electron chi connectivity index (χ3n) is 3.27. The van der Waals surface area contributed by atoms with E-state index in [9.17, 15) is 0 Å². The van der Waals surface area contributed by atoms with Crippen LogP contribution in [-0.4, -0.2) is 23.6 Å². The summed E-state index contributed by atoms with van der Waals surface area (Å²) < 4.78 is 5.95. The van der Waals surface area contributed by atoms with Crippen molar-refractivity contribution in [2.24, 2.45) is 5.92 Å². The highest BCUT2D eigenvalue weighted by Crippen LogP contribution is 2.32. The quantitative estimate of drug-likeness (QED) is 0.834. The molecule has 0 aliphatic heterocycles. The second kappa shape index (κ2) is 6.88. The lowest BCUT2D eigenvalue weighted by atomic mass is 10.1. The lowest BCUT2D eigenvalue weighted by Crippen LogP contribution is -2.10. The largest absolute Gasteiger partial charge is 0.477 e. The molecule has 20 heavy (non-hydrogen) atoms. The monoisotopic (exact) mass is 293 g/mol. The van der Waals surface area contributed by atoms with E-state index in [0.717, 1.165) is 16.6 Å². The summed E-state index contributed by atoms with van der Waals surface area (Å²) in [6.45, 7) is 7.28. The minimum Gasteiger partial charge on any atom is -0.477 e. The fourth-order valence-electron chi connectivity index (χ4n) is 2.14. The van der Waals surface area contributed by atoms with E-state index in [4.69, 9.17) is 4.74 Å². The molecular formula is C15H23N3OS. The molecule has 5 heteroatoms. The van der Waals surface area contributed by atoms with Crippen molar-refractivity contribution in [3.8, 4) is 5.88 Å². The van der Waals surface area contributed by atoms with E-state index in [2.05, 4.69) is 42.1 Å². The van der Waals surface area contributed by atoms with Crippen molar-refractivity contribution in [3.05, 3.63) is 10.9 Å². The van der Waals surface area contributed by atoms with Crippen molar-refractivity contribution in [1.29, 1.82) is 0 Å². The molecule has 2 aromatic rings. The van der Waals surface area contributed by atoms with Crippen molar-refractivity contribution < 1.29 is 4.74 Å². The maximum absolute atomic E-state index is 5.95. The molecule has 1 unspecified atom stereocenters. The Balaban J connectivity index is 2.27. The van der Waals surface area contributed by atoms with Gasteiger partial charge in [-0.05, 0) is 24.8 Å². The van der Waals surface area contributed by atoms with Gasteiger partial charge in [-0.15, -0.1) is 11.3 Å². The zero-order chi connectivity index (χ0) is 14.5. The number of nitrogens with one attached hydrogen (secondary N) is 1. The summed E-state index contributed by atoms with van der Waals surface area (Å²) in [6, 6.07) is 2.15. The SMILES string of the molecule is CCCC(C)COc1nc(NC)nc2sc(CC)cc12. The molecule has 1 N–H and O–H groups in total. The van der Waals surface area contributed by atoms with Gasteiger partial charge in [0.25, 0.3) is 0 Å². The first kappa shape index (κ1) is 15.0. The Morgan fingerprint density at radius 1 is 1.35 bits per heavy atom. The van der Waals surface area contributed by atoms with Crippen molar-refractivity contribution >= 4 is 27.5 Å². The third kappa shape index (κ3) is 3.39. The van der Waals surface area contributed by atoms with Gasteiger partial charge >= 0.3 is 0 Å². The van der Waals surface area contributed by atoms with Crippen LogP contribution in [0.3, 0.4) is 0 Å². The van der Waals surface area contributed by atoms with Crippen LogP contribution in [0.15, 0.2) is 6.07 Å². The Hall–Kier alpha value is -1.36. The summed E-state index contributed by atoms with van der Waals surface area (Å²) >= 11 is 1.71. The Bertz CT molecular complexity index is 567. The first-order valence-corrected chi connectivity index (χ1v) is 8.10. The van der Waals surface area contributed by atoms with E-state index in [1.165, 1.54) is 17.7 Å². The van der Waals surface area contributed by atoms with Gasteiger partial charge in [0, 0.05) is 11.9 Å². The van der Waals surface area contributed by atoms with Gasteiger partial charge in [0.05, 0.1) is 12.0 Å². The number of hydrogen-bond acceptors (Lipinski definition) is 5. The highest BCUT2D eigenvalue weighted by Gasteiger charge is 2.13. The first-order chi connectivity index (χ1) is 9.67. The van der Waals surface area contributed by atoms with Crippen LogP contribution in [0.4, 0.5) is 5.95 Å². The lowest BCUT2D eigenvalue weighted by Gasteiger charge is -2.12. The summed E-state index contributed by atoms with van der Waals surface area (Å²) in [7, 11) is 1.83. The standard InChI is InChI=1S/C15H23N3OS/c1-5-7-10(3)9-19-13-12-8-11(6-2)20-14(12)18-15(16-4)17-13/h8,10H,5-7,9H2,1-4H3,(H,16,17,18). The molecular weight excluding hydrogens is 270 g/mol. The zero-order valence-corrected chi connectivity index (χ0v) is 13.5. The summed E-state index contributed by atoms with van der Waals surface area (Å²) in [5.74, 6) is 1.88. The molecule has 2 rings (SSSR count). The minimum absolute atomic E-state index is 0.548. The molecule has 2 aromatic heterocycles. The number of fused-ring (bicyclic) bond motifs is 1. The van der Waals surface area contributed by atoms with Crippen molar-refractivity contribution in [2.45, 2.75) is 40.0 Å². The first-order valence-electron chi connectivity index (χ1n) is 7.28. The summed E-state index contributed by atoms with van der Waals surface area (Å²) in [6.07, 6.45) is 3.38. The number of rotatable bonds is 7. The van der Waals surface area contributed by atoms with Gasteiger partial charge in [-0.25, -0.2) is 4.98 Å². The second-order valence-corrected chi connectivity index (χ2v) is 6.21. The maximum Gasteiger partial charge on any atom is 0.227 e. The average molecular weight is 293 g/mol. The molecule has 0 bridgehead atoms. The van der Waals surface area contributed by atoms with E-state index in [0.29, 0.717) is 24.4 Å². The highest BCUT2D eigenvalue weighted by molar-refractivity contribution is 7.18. The van der Waals surface area contributed by atoms with Crippen LogP contribution >= 0.6 is 11.3 Å². The number of ether oxygens (including phenoxy) is 1. The van der Waals surface area contributed by atoms with E-state index >= 15 is 0 Å². The normalized spacial score (nSPS) is 12.6. The van der Waals surface area contributed by atoms with E-state index in [1.807, 2.05) is 7.05 Å². The van der Waals surface area contributed by atoms with Gasteiger partial charge < -0.3 is 10.1 Å².